The van der Waals surface area contributed by atoms with Crippen molar-refractivity contribution < 1.29 is 4.74 Å². The van der Waals surface area contributed by atoms with E-state index in [9.17, 15) is 0 Å². The van der Waals surface area contributed by atoms with Crippen molar-refractivity contribution in [2.24, 2.45) is 5.92 Å². The van der Waals surface area contributed by atoms with E-state index >= 15 is 0 Å². The van der Waals surface area contributed by atoms with Gasteiger partial charge in [-0.25, -0.2) is 0 Å². The Labute approximate surface area is 129 Å². The lowest BCUT2D eigenvalue weighted by Crippen LogP contribution is -1.99. The fourth-order valence-electron chi connectivity index (χ4n) is 2.75. The molecule has 114 valence electrons. The maximum atomic E-state index is 5.76. The van der Waals surface area contributed by atoms with Crippen LogP contribution in [0, 0.1) is 5.92 Å². The summed E-state index contributed by atoms with van der Waals surface area (Å²) >= 11 is 0. The quantitative estimate of drug-likeness (QED) is 0.531. The molecule has 0 N–H and O–H groups in total. The van der Waals surface area contributed by atoms with Gasteiger partial charge in [-0.15, -0.1) is 0 Å². The molecule has 1 aliphatic rings. The van der Waals surface area contributed by atoms with Crippen LogP contribution in [0.3, 0.4) is 0 Å². The lowest BCUT2D eigenvalue weighted by atomic mass is 9.90. The zero-order chi connectivity index (χ0) is 14.9. The Morgan fingerprint density at radius 3 is 2.48 bits per heavy atom. The smallest absolute Gasteiger partial charge is 0.119 e. The first-order valence-electron chi connectivity index (χ1n) is 8.45. The molecule has 1 heteroatoms. The van der Waals surface area contributed by atoms with Gasteiger partial charge in [-0.05, 0) is 48.4 Å². The van der Waals surface area contributed by atoms with Crippen LogP contribution in [-0.2, 0) is 0 Å². The van der Waals surface area contributed by atoms with E-state index in [1.165, 1.54) is 43.2 Å². The van der Waals surface area contributed by atoms with Gasteiger partial charge in [0.1, 0.15) is 5.75 Å². The predicted molar refractivity (Wildman–Crippen MR) is 91.6 cm³/mol. The van der Waals surface area contributed by atoms with E-state index in [0.717, 1.165) is 24.7 Å². The largest absolute Gasteiger partial charge is 0.494 e. The number of ether oxygens (including phenoxy) is 1. The van der Waals surface area contributed by atoms with Gasteiger partial charge in [0.15, 0.2) is 0 Å². The van der Waals surface area contributed by atoms with Crippen LogP contribution in [0.15, 0.2) is 42.5 Å². The number of benzene rings is 1. The van der Waals surface area contributed by atoms with Crippen molar-refractivity contribution in [3.8, 4) is 5.75 Å². The van der Waals surface area contributed by atoms with Gasteiger partial charge >= 0.3 is 0 Å². The summed E-state index contributed by atoms with van der Waals surface area (Å²) in [6, 6.07) is 8.53. The molecular formula is C20H28O. The van der Waals surface area contributed by atoms with Crippen LogP contribution in [0.5, 0.6) is 5.75 Å². The standard InChI is InChI=1S/C20H28O/c1-3-5-6-16-21-20-14-12-19(13-15-20)18-10-8-17(7-4-2)9-11-18/h8,10-15,17H,3-7,9,16H2,1-2H3. The summed E-state index contributed by atoms with van der Waals surface area (Å²) in [5.74, 6) is 1.72. The molecule has 0 aromatic heterocycles. The van der Waals surface area contributed by atoms with E-state index in [2.05, 4.69) is 56.3 Å². The Morgan fingerprint density at radius 2 is 1.86 bits per heavy atom. The maximum absolute atomic E-state index is 5.76. The maximum Gasteiger partial charge on any atom is 0.119 e. The fourth-order valence-corrected chi connectivity index (χ4v) is 2.75. The van der Waals surface area contributed by atoms with Gasteiger partial charge < -0.3 is 4.74 Å². The van der Waals surface area contributed by atoms with Gasteiger partial charge in [0.05, 0.1) is 6.61 Å². The van der Waals surface area contributed by atoms with Crippen molar-refractivity contribution >= 4 is 5.57 Å². The highest BCUT2D eigenvalue weighted by atomic mass is 16.5. The molecule has 1 unspecified atom stereocenters. The lowest BCUT2D eigenvalue weighted by molar-refractivity contribution is 0.306. The molecule has 1 atom stereocenters. The summed E-state index contributed by atoms with van der Waals surface area (Å²) in [6.45, 7) is 5.30. The Morgan fingerprint density at radius 1 is 1.05 bits per heavy atom. The minimum atomic E-state index is 0.736. The Hall–Kier alpha value is -1.50. The molecule has 1 aromatic carbocycles. The van der Waals surface area contributed by atoms with Crippen LogP contribution >= 0.6 is 0 Å². The first-order valence-corrected chi connectivity index (χ1v) is 8.45. The van der Waals surface area contributed by atoms with E-state index in [4.69, 9.17) is 4.74 Å². The molecule has 0 aliphatic heterocycles. The van der Waals surface area contributed by atoms with Crippen molar-refractivity contribution in [2.45, 2.75) is 52.4 Å². The monoisotopic (exact) mass is 284 g/mol. The second-order valence-electron chi connectivity index (χ2n) is 5.88. The zero-order valence-corrected chi connectivity index (χ0v) is 13.5. The van der Waals surface area contributed by atoms with Crippen LogP contribution in [0.2, 0.25) is 0 Å². The number of rotatable bonds is 8. The van der Waals surface area contributed by atoms with Gasteiger partial charge in [-0.2, -0.15) is 0 Å². The fraction of sp³-hybridized carbons (Fsp3) is 0.500. The van der Waals surface area contributed by atoms with Gasteiger partial charge in [0.2, 0.25) is 0 Å². The Bertz CT molecular complexity index is 467. The van der Waals surface area contributed by atoms with E-state index < -0.39 is 0 Å². The van der Waals surface area contributed by atoms with E-state index in [-0.39, 0.29) is 0 Å². The van der Waals surface area contributed by atoms with E-state index in [0.29, 0.717) is 0 Å². The average Bonchev–Trinajstić information content (AvgIpc) is 2.53. The first-order chi connectivity index (χ1) is 10.3. The topological polar surface area (TPSA) is 9.23 Å². The predicted octanol–water partition coefficient (Wildman–Crippen LogP) is 6.02. The lowest BCUT2D eigenvalue weighted by Gasteiger charge is -2.15. The number of allylic oxidation sites excluding steroid dienone is 4. The third-order valence-corrected chi connectivity index (χ3v) is 4.05. The summed E-state index contributed by atoms with van der Waals surface area (Å²) in [7, 11) is 0. The summed E-state index contributed by atoms with van der Waals surface area (Å²) in [5, 5.41) is 0. The number of hydrogen-bond donors (Lipinski definition) is 0. The molecule has 0 amide bonds. The molecule has 1 aromatic rings. The second-order valence-corrected chi connectivity index (χ2v) is 5.88. The normalized spacial score (nSPS) is 17.6. The highest BCUT2D eigenvalue weighted by Crippen LogP contribution is 2.27. The molecule has 0 bridgehead atoms. The number of unbranched alkanes of at least 4 members (excludes halogenated alkanes) is 2. The summed E-state index contributed by atoms with van der Waals surface area (Å²) in [5.41, 5.74) is 2.64. The summed E-state index contributed by atoms with van der Waals surface area (Å²) < 4.78 is 5.76. The molecule has 0 heterocycles. The van der Waals surface area contributed by atoms with Crippen molar-refractivity contribution in [1.82, 2.24) is 0 Å². The molecule has 0 saturated carbocycles. The molecular weight excluding hydrogens is 256 g/mol. The van der Waals surface area contributed by atoms with Gasteiger partial charge in [0, 0.05) is 0 Å². The molecule has 1 aliphatic carbocycles. The average molecular weight is 284 g/mol. The number of hydrogen-bond acceptors (Lipinski definition) is 1. The highest BCUT2D eigenvalue weighted by Gasteiger charge is 2.09. The zero-order valence-electron chi connectivity index (χ0n) is 13.5. The second kappa shape index (κ2) is 8.71. The van der Waals surface area contributed by atoms with Gasteiger partial charge in [-0.3, -0.25) is 0 Å². The first kappa shape index (κ1) is 15.9. The summed E-state index contributed by atoms with van der Waals surface area (Å²) in [4.78, 5) is 0. The minimum Gasteiger partial charge on any atom is -0.494 e. The van der Waals surface area contributed by atoms with Crippen LogP contribution < -0.4 is 4.74 Å². The van der Waals surface area contributed by atoms with Crippen molar-refractivity contribution in [3.63, 3.8) is 0 Å². The minimum absolute atomic E-state index is 0.736. The van der Waals surface area contributed by atoms with E-state index in [1.54, 1.807) is 0 Å². The Balaban J connectivity index is 1.86. The molecule has 0 saturated heterocycles. The third kappa shape index (κ3) is 5.08. The van der Waals surface area contributed by atoms with Crippen molar-refractivity contribution in [3.05, 3.63) is 48.1 Å². The SMILES string of the molecule is CCCCCOc1ccc(C2=CCC(CCC)C=C2)cc1. The van der Waals surface area contributed by atoms with Crippen LogP contribution in [0.25, 0.3) is 5.57 Å². The van der Waals surface area contributed by atoms with Crippen LogP contribution in [-0.4, -0.2) is 6.61 Å². The van der Waals surface area contributed by atoms with Crippen molar-refractivity contribution in [2.75, 3.05) is 6.61 Å². The van der Waals surface area contributed by atoms with E-state index in [1.807, 2.05) is 0 Å². The van der Waals surface area contributed by atoms with Crippen molar-refractivity contribution in [1.29, 1.82) is 0 Å². The third-order valence-electron chi connectivity index (χ3n) is 4.05. The molecule has 1 nitrogen and oxygen atoms in total. The van der Waals surface area contributed by atoms with Gasteiger partial charge in [0.25, 0.3) is 0 Å². The molecule has 0 spiro atoms. The Kier molecular flexibility index (Phi) is 6.59. The van der Waals surface area contributed by atoms with Crippen LogP contribution in [0.1, 0.15) is 57.9 Å². The molecule has 2 rings (SSSR count). The summed E-state index contributed by atoms with van der Waals surface area (Å²) in [6.07, 6.45) is 14.4. The molecule has 0 radical (unpaired) electrons. The highest BCUT2D eigenvalue weighted by molar-refractivity contribution is 5.75. The molecule has 21 heavy (non-hydrogen) atoms. The van der Waals surface area contributed by atoms with Crippen LogP contribution in [0.4, 0.5) is 0 Å². The molecule has 0 fully saturated rings. The van der Waals surface area contributed by atoms with Gasteiger partial charge in [-0.1, -0.05) is 63.5 Å².